The summed E-state index contributed by atoms with van der Waals surface area (Å²) in [5.74, 6) is -0.634. The fraction of sp³-hybridized carbons (Fsp3) is 0.238. The number of carbonyl (C=O) groups excluding carboxylic acids is 2. The Labute approximate surface area is 166 Å². The summed E-state index contributed by atoms with van der Waals surface area (Å²) >= 11 is 3.05. The number of rotatable bonds is 5. The zero-order chi connectivity index (χ0) is 18.8. The number of esters is 1. The van der Waals surface area contributed by atoms with Gasteiger partial charge in [0.05, 0.1) is 0 Å². The Morgan fingerprint density at radius 3 is 2.78 bits per heavy atom. The van der Waals surface area contributed by atoms with Gasteiger partial charge in [0.1, 0.15) is 4.88 Å². The molecule has 0 bridgehead atoms. The SMILES string of the molecule is CN(Cc1ccsc1)C(=O)COC(=O)c1cc2c(s1)-c1ccccc1CC2. The summed E-state index contributed by atoms with van der Waals surface area (Å²) in [5.41, 5.74) is 4.78. The van der Waals surface area contributed by atoms with Crippen molar-refractivity contribution in [1.82, 2.24) is 4.90 Å². The van der Waals surface area contributed by atoms with Gasteiger partial charge in [-0.15, -0.1) is 11.3 Å². The van der Waals surface area contributed by atoms with Crippen LogP contribution < -0.4 is 0 Å². The third kappa shape index (κ3) is 3.82. The molecule has 0 spiro atoms. The maximum atomic E-state index is 12.4. The molecule has 3 aromatic rings. The van der Waals surface area contributed by atoms with Gasteiger partial charge in [-0.1, -0.05) is 24.3 Å². The average molecular weight is 398 g/mol. The normalized spacial score (nSPS) is 12.2. The molecule has 0 saturated heterocycles. The van der Waals surface area contributed by atoms with E-state index in [0.29, 0.717) is 11.4 Å². The summed E-state index contributed by atoms with van der Waals surface area (Å²) in [5, 5.41) is 3.98. The molecule has 6 heteroatoms. The summed E-state index contributed by atoms with van der Waals surface area (Å²) in [6.07, 6.45) is 1.92. The third-order valence-electron chi connectivity index (χ3n) is 4.69. The number of thiophene rings is 2. The number of carbonyl (C=O) groups is 2. The molecule has 0 atom stereocenters. The van der Waals surface area contributed by atoms with Crippen LogP contribution in [0.15, 0.2) is 47.2 Å². The first-order valence-corrected chi connectivity index (χ1v) is 10.5. The van der Waals surface area contributed by atoms with E-state index in [9.17, 15) is 9.59 Å². The zero-order valence-corrected chi connectivity index (χ0v) is 16.6. The predicted molar refractivity (Wildman–Crippen MR) is 108 cm³/mol. The number of aryl methyl sites for hydroxylation is 2. The van der Waals surface area contributed by atoms with Crippen molar-refractivity contribution in [3.63, 3.8) is 0 Å². The molecule has 1 aromatic carbocycles. The molecular weight excluding hydrogens is 378 g/mol. The highest BCUT2D eigenvalue weighted by molar-refractivity contribution is 7.17. The van der Waals surface area contributed by atoms with Crippen molar-refractivity contribution < 1.29 is 14.3 Å². The number of hydrogen-bond acceptors (Lipinski definition) is 5. The maximum absolute atomic E-state index is 12.4. The minimum Gasteiger partial charge on any atom is -0.451 e. The van der Waals surface area contributed by atoms with Crippen molar-refractivity contribution in [2.24, 2.45) is 0 Å². The lowest BCUT2D eigenvalue weighted by atomic mass is 9.91. The molecule has 2 heterocycles. The van der Waals surface area contributed by atoms with Crippen LogP contribution in [0.3, 0.4) is 0 Å². The molecule has 1 aliphatic rings. The van der Waals surface area contributed by atoms with Crippen LogP contribution in [0.1, 0.15) is 26.4 Å². The molecule has 0 radical (unpaired) electrons. The second kappa shape index (κ2) is 7.66. The summed E-state index contributed by atoms with van der Waals surface area (Å²) in [6.45, 7) is 0.280. The van der Waals surface area contributed by atoms with Crippen molar-refractivity contribution in [2.75, 3.05) is 13.7 Å². The van der Waals surface area contributed by atoms with E-state index in [-0.39, 0.29) is 12.5 Å². The molecule has 1 aliphatic carbocycles. The molecular formula is C21H19NO3S2. The van der Waals surface area contributed by atoms with Crippen LogP contribution >= 0.6 is 22.7 Å². The molecule has 27 heavy (non-hydrogen) atoms. The number of fused-ring (bicyclic) bond motifs is 3. The number of nitrogens with zero attached hydrogens (tertiary/aromatic N) is 1. The molecule has 0 saturated carbocycles. The lowest BCUT2D eigenvalue weighted by Gasteiger charge is -2.16. The molecule has 0 fully saturated rings. The van der Waals surface area contributed by atoms with Gasteiger partial charge in [-0.25, -0.2) is 4.79 Å². The van der Waals surface area contributed by atoms with Gasteiger partial charge in [0.15, 0.2) is 6.61 Å². The average Bonchev–Trinajstić information content (AvgIpc) is 3.35. The topological polar surface area (TPSA) is 46.6 Å². The van der Waals surface area contributed by atoms with Gasteiger partial charge in [0.2, 0.25) is 0 Å². The van der Waals surface area contributed by atoms with Crippen LogP contribution in [0.5, 0.6) is 0 Å². The summed E-state index contributed by atoms with van der Waals surface area (Å²) in [7, 11) is 1.72. The van der Waals surface area contributed by atoms with Gasteiger partial charge in [-0.05, 0) is 58.0 Å². The smallest absolute Gasteiger partial charge is 0.348 e. The van der Waals surface area contributed by atoms with E-state index in [4.69, 9.17) is 4.74 Å². The summed E-state index contributed by atoms with van der Waals surface area (Å²) in [6, 6.07) is 12.2. The second-order valence-corrected chi connectivity index (χ2v) is 8.41. The maximum Gasteiger partial charge on any atom is 0.348 e. The Bertz CT molecular complexity index is 975. The monoisotopic (exact) mass is 397 g/mol. The van der Waals surface area contributed by atoms with E-state index in [1.807, 2.05) is 35.0 Å². The van der Waals surface area contributed by atoms with Crippen LogP contribution in [-0.4, -0.2) is 30.4 Å². The quantitative estimate of drug-likeness (QED) is 0.600. The first-order chi connectivity index (χ1) is 13.1. The van der Waals surface area contributed by atoms with E-state index in [1.165, 1.54) is 28.0 Å². The highest BCUT2D eigenvalue weighted by atomic mass is 32.1. The minimum absolute atomic E-state index is 0.207. The zero-order valence-electron chi connectivity index (χ0n) is 14.9. The number of amides is 1. The number of hydrogen-bond donors (Lipinski definition) is 0. The molecule has 0 aliphatic heterocycles. The fourth-order valence-electron chi connectivity index (χ4n) is 3.23. The molecule has 2 aromatic heterocycles. The summed E-state index contributed by atoms with van der Waals surface area (Å²) < 4.78 is 5.28. The standard InChI is InChI=1S/C21H19NO3S2/c1-22(11-14-8-9-26-13-14)19(23)12-25-21(24)18-10-16-7-6-15-4-2-3-5-17(15)20(16)27-18/h2-5,8-10,13H,6-7,11-12H2,1H3. The fourth-order valence-corrected chi connectivity index (χ4v) is 5.05. The van der Waals surface area contributed by atoms with E-state index in [0.717, 1.165) is 23.3 Å². The Morgan fingerprint density at radius 2 is 1.96 bits per heavy atom. The number of likely N-dealkylation sites (N-methyl/N-ethyl adjacent to an activating group) is 1. The van der Waals surface area contributed by atoms with Crippen molar-refractivity contribution >= 4 is 34.6 Å². The first kappa shape index (κ1) is 17.9. The van der Waals surface area contributed by atoms with Crippen molar-refractivity contribution in [3.8, 4) is 10.4 Å². The van der Waals surface area contributed by atoms with Gasteiger partial charge in [-0.2, -0.15) is 11.3 Å². The molecule has 1 amide bonds. The Balaban J connectivity index is 1.40. The first-order valence-electron chi connectivity index (χ1n) is 8.75. The van der Waals surface area contributed by atoms with Crippen LogP contribution in [0.2, 0.25) is 0 Å². The molecule has 138 valence electrons. The largest absolute Gasteiger partial charge is 0.451 e. The van der Waals surface area contributed by atoms with Crippen molar-refractivity contribution in [1.29, 1.82) is 0 Å². The molecule has 4 nitrogen and oxygen atoms in total. The Hall–Kier alpha value is -2.44. The molecule has 0 N–H and O–H groups in total. The van der Waals surface area contributed by atoms with E-state index >= 15 is 0 Å². The van der Waals surface area contributed by atoms with Crippen molar-refractivity contribution in [2.45, 2.75) is 19.4 Å². The van der Waals surface area contributed by atoms with Crippen LogP contribution in [0.25, 0.3) is 10.4 Å². The van der Waals surface area contributed by atoms with Gasteiger partial charge in [-0.3, -0.25) is 4.79 Å². The summed E-state index contributed by atoms with van der Waals surface area (Å²) in [4.78, 5) is 27.9. The van der Waals surface area contributed by atoms with Gasteiger partial charge in [0, 0.05) is 18.5 Å². The highest BCUT2D eigenvalue weighted by Gasteiger charge is 2.22. The van der Waals surface area contributed by atoms with Crippen LogP contribution in [0.4, 0.5) is 0 Å². The lowest BCUT2D eigenvalue weighted by Crippen LogP contribution is -2.30. The van der Waals surface area contributed by atoms with Crippen LogP contribution in [-0.2, 0) is 28.9 Å². The van der Waals surface area contributed by atoms with Gasteiger partial charge >= 0.3 is 5.97 Å². The van der Waals surface area contributed by atoms with Crippen LogP contribution in [0, 0.1) is 0 Å². The van der Waals surface area contributed by atoms with E-state index < -0.39 is 5.97 Å². The van der Waals surface area contributed by atoms with Gasteiger partial charge < -0.3 is 9.64 Å². The van der Waals surface area contributed by atoms with E-state index in [2.05, 4.69) is 12.1 Å². The highest BCUT2D eigenvalue weighted by Crippen LogP contribution is 2.39. The van der Waals surface area contributed by atoms with E-state index in [1.54, 1.807) is 23.3 Å². The Morgan fingerprint density at radius 1 is 1.15 bits per heavy atom. The second-order valence-electron chi connectivity index (χ2n) is 6.58. The Kier molecular flexibility index (Phi) is 5.09. The number of benzene rings is 1. The number of ether oxygens (including phenoxy) is 1. The third-order valence-corrected chi connectivity index (χ3v) is 6.61. The minimum atomic E-state index is -0.427. The van der Waals surface area contributed by atoms with Gasteiger partial charge in [0.25, 0.3) is 5.91 Å². The van der Waals surface area contributed by atoms with Crippen molar-refractivity contribution in [3.05, 3.63) is 68.7 Å². The predicted octanol–water partition coefficient (Wildman–Crippen LogP) is 4.39. The lowest BCUT2D eigenvalue weighted by molar-refractivity contribution is -0.133. The molecule has 4 rings (SSSR count). The molecule has 0 unspecified atom stereocenters.